The molecule has 2 atom stereocenters. The molecule has 0 radical (unpaired) electrons. The fourth-order valence-electron chi connectivity index (χ4n) is 6.11. The number of nitrogens with one attached hydrogen (secondary N) is 2. The Morgan fingerprint density at radius 1 is 1.07 bits per heavy atom. The minimum atomic E-state index is -4.40. The van der Waals surface area contributed by atoms with Crippen LogP contribution in [-0.2, 0) is 13.1 Å². The molecule has 1 saturated heterocycles. The van der Waals surface area contributed by atoms with Crippen molar-refractivity contribution in [1.29, 1.82) is 0 Å². The number of rotatable bonds is 1. The zero-order chi connectivity index (χ0) is 28.8. The minimum Gasteiger partial charge on any atom is -0.381 e. The van der Waals surface area contributed by atoms with Crippen LogP contribution in [-0.4, -0.2) is 64.1 Å². The molecule has 1 fully saturated rings. The van der Waals surface area contributed by atoms with Crippen LogP contribution in [0.1, 0.15) is 67.4 Å². The molecule has 2 unspecified atom stereocenters. The molecule has 41 heavy (non-hydrogen) atoms. The number of alkyl halides is 3. The second-order valence-electron chi connectivity index (χ2n) is 11.4. The number of halogens is 3. The monoisotopic (exact) mass is 568 g/mol. The highest BCUT2D eigenvalue weighted by molar-refractivity contribution is 5.94. The zero-order valence-electron chi connectivity index (χ0n) is 23.6. The van der Waals surface area contributed by atoms with Crippen molar-refractivity contribution in [2.45, 2.75) is 76.7 Å². The van der Waals surface area contributed by atoms with Crippen molar-refractivity contribution in [2.24, 2.45) is 5.92 Å². The van der Waals surface area contributed by atoms with E-state index in [0.29, 0.717) is 17.0 Å². The number of piperidine rings is 1. The highest BCUT2D eigenvalue weighted by atomic mass is 19.4. The molecule has 2 N–H and O–H groups in total. The van der Waals surface area contributed by atoms with Crippen LogP contribution in [0.25, 0.3) is 10.9 Å². The average Bonchev–Trinajstić information content (AvgIpc) is 3.54. The van der Waals surface area contributed by atoms with Gasteiger partial charge in [0.25, 0.3) is 5.91 Å². The predicted molar refractivity (Wildman–Crippen MR) is 155 cm³/mol. The molecule has 5 rings (SSSR count). The number of nitrogens with zero attached hydrogens (tertiary/aromatic N) is 4. The summed E-state index contributed by atoms with van der Waals surface area (Å²) in [6, 6.07) is 7.47. The quantitative estimate of drug-likeness (QED) is 0.372. The summed E-state index contributed by atoms with van der Waals surface area (Å²) in [4.78, 5) is 15.0. The van der Waals surface area contributed by atoms with E-state index < -0.39 is 12.7 Å². The average molecular weight is 569 g/mol. The molecule has 2 aliphatic rings. The number of aromatic nitrogens is 3. The summed E-state index contributed by atoms with van der Waals surface area (Å²) in [5.74, 6) is 5.91. The lowest BCUT2D eigenvalue weighted by atomic mass is 9.87. The van der Waals surface area contributed by atoms with E-state index in [9.17, 15) is 18.0 Å². The van der Waals surface area contributed by atoms with Crippen LogP contribution in [0.2, 0.25) is 0 Å². The number of aryl methyl sites for hydroxylation is 1. The van der Waals surface area contributed by atoms with Gasteiger partial charge in [0.2, 0.25) is 0 Å². The van der Waals surface area contributed by atoms with Crippen molar-refractivity contribution in [3.8, 4) is 11.8 Å². The second kappa shape index (κ2) is 13.0. The van der Waals surface area contributed by atoms with Gasteiger partial charge in [0.05, 0.1) is 29.5 Å². The van der Waals surface area contributed by atoms with E-state index in [1.54, 1.807) is 23.0 Å². The van der Waals surface area contributed by atoms with Crippen LogP contribution >= 0.6 is 0 Å². The maximum absolute atomic E-state index is 13.6. The Bertz CT molecular complexity index is 1400. The Morgan fingerprint density at radius 2 is 1.88 bits per heavy atom. The summed E-state index contributed by atoms with van der Waals surface area (Å²) < 4.78 is 43.9. The van der Waals surface area contributed by atoms with E-state index in [-0.39, 0.29) is 24.2 Å². The molecular weight excluding hydrogens is 529 g/mol. The van der Waals surface area contributed by atoms with Gasteiger partial charge in [-0.1, -0.05) is 44.1 Å². The molecule has 4 heterocycles. The number of hydrogen-bond acceptors (Lipinski definition) is 4. The molecule has 3 aromatic rings. The fourth-order valence-corrected chi connectivity index (χ4v) is 6.11. The number of carbonyl (C=O) groups excluding carboxylic acids is 1. The van der Waals surface area contributed by atoms with Gasteiger partial charge in [-0.05, 0) is 62.9 Å². The van der Waals surface area contributed by atoms with Gasteiger partial charge in [-0.15, -0.1) is 0 Å². The van der Waals surface area contributed by atoms with E-state index in [4.69, 9.17) is 0 Å². The summed E-state index contributed by atoms with van der Waals surface area (Å²) in [5, 5.41) is 11.5. The summed E-state index contributed by atoms with van der Waals surface area (Å²) >= 11 is 0. The topological polar surface area (TPSA) is 67.1 Å². The zero-order valence-corrected chi connectivity index (χ0v) is 23.6. The van der Waals surface area contributed by atoms with Gasteiger partial charge in [-0.2, -0.15) is 18.3 Å². The van der Waals surface area contributed by atoms with Crippen molar-refractivity contribution in [3.05, 3.63) is 47.9 Å². The van der Waals surface area contributed by atoms with Gasteiger partial charge in [0.15, 0.2) is 0 Å². The summed E-state index contributed by atoms with van der Waals surface area (Å²) in [5.41, 5.74) is 2.05. The van der Waals surface area contributed by atoms with Crippen LogP contribution in [0.3, 0.4) is 0 Å². The molecular formula is C31H39F3N6O. The molecule has 7 nitrogen and oxygen atoms in total. The van der Waals surface area contributed by atoms with Gasteiger partial charge < -0.3 is 20.1 Å². The van der Waals surface area contributed by atoms with E-state index in [1.165, 1.54) is 36.4 Å². The Hall–Kier alpha value is -3.45. The van der Waals surface area contributed by atoms with Gasteiger partial charge in [-0.3, -0.25) is 9.48 Å². The van der Waals surface area contributed by atoms with Crippen molar-refractivity contribution < 1.29 is 18.0 Å². The van der Waals surface area contributed by atoms with Gasteiger partial charge in [0.1, 0.15) is 6.54 Å². The molecule has 0 aliphatic carbocycles. The minimum absolute atomic E-state index is 0.0138. The number of likely N-dealkylation sites (tertiary alicyclic amines) is 1. The first-order valence-corrected chi connectivity index (χ1v) is 14.7. The fraction of sp³-hybridized carbons (Fsp3) is 0.548. The van der Waals surface area contributed by atoms with Crippen LogP contribution in [0, 0.1) is 17.8 Å². The van der Waals surface area contributed by atoms with Gasteiger partial charge in [0, 0.05) is 36.4 Å². The Kier molecular flexibility index (Phi) is 9.23. The van der Waals surface area contributed by atoms with E-state index in [0.717, 1.165) is 56.4 Å². The molecule has 1 aromatic carbocycles. The third-order valence-electron chi connectivity index (χ3n) is 8.22. The standard InChI is InChI=1S/C31H39F3N6O/c1-38-17-14-27-23(20-38)10-6-4-2-3-5-7-16-39-21-24(19-36-39)30(41)35-15-9-11-25-18-26-28(37-27)12-8-13-29(26)40(25)22-31(32,33)34/h8,12-13,18-19,21,23,27,37H,2-7,10,14-17,20,22H2,1H3,(H,35,41). The Labute approximate surface area is 239 Å². The van der Waals surface area contributed by atoms with Gasteiger partial charge >= 0.3 is 6.18 Å². The van der Waals surface area contributed by atoms with Crippen LogP contribution in [0.5, 0.6) is 0 Å². The number of amides is 1. The third kappa shape index (κ3) is 7.64. The first-order valence-electron chi connectivity index (χ1n) is 14.7. The molecule has 2 aromatic heterocycles. The molecule has 2 aliphatic heterocycles. The van der Waals surface area contributed by atoms with Gasteiger partial charge in [-0.25, -0.2) is 0 Å². The first-order chi connectivity index (χ1) is 19.8. The lowest BCUT2D eigenvalue weighted by Gasteiger charge is -2.38. The lowest BCUT2D eigenvalue weighted by Crippen LogP contribution is -2.44. The highest BCUT2D eigenvalue weighted by Gasteiger charge is 2.31. The molecule has 1 amide bonds. The molecule has 10 heteroatoms. The molecule has 0 spiro atoms. The van der Waals surface area contributed by atoms with Crippen LogP contribution < -0.4 is 10.6 Å². The second-order valence-corrected chi connectivity index (χ2v) is 11.4. The maximum Gasteiger partial charge on any atom is 0.406 e. The van der Waals surface area contributed by atoms with Crippen molar-refractivity contribution in [1.82, 2.24) is 24.6 Å². The Morgan fingerprint density at radius 3 is 2.71 bits per heavy atom. The van der Waals surface area contributed by atoms with E-state index >= 15 is 0 Å². The predicted octanol–water partition coefficient (Wildman–Crippen LogP) is 5.66. The third-order valence-corrected chi connectivity index (χ3v) is 8.22. The van der Waals surface area contributed by atoms with Crippen molar-refractivity contribution >= 4 is 22.5 Å². The first kappa shape index (κ1) is 29.1. The number of carbonyl (C=O) groups is 1. The summed E-state index contributed by atoms with van der Waals surface area (Å²) in [7, 11) is 2.16. The molecule has 0 saturated carbocycles. The van der Waals surface area contributed by atoms with E-state index in [1.807, 2.05) is 12.1 Å². The number of benzene rings is 1. The highest BCUT2D eigenvalue weighted by Crippen LogP contribution is 2.33. The van der Waals surface area contributed by atoms with E-state index in [2.05, 4.69) is 39.5 Å². The van der Waals surface area contributed by atoms with Crippen molar-refractivity contribution in [2.75, 3.05) is 32.0 Å². The molecule has 220 valence electrons. The number of fused-ring (bicyclic) bond motifs is 4. The number of anilines is 1. The molecule has 4 bridgehead atoms. The lowest BCUT2D eigenvalue weighted by molar-refractivity contribution is -0.140. The smallest absolute Gasteiger partial charge is 0.381 e. The SMILES string of the molecule is CN1CCC2Nc3cccc4c3cc(n4CC(F)(F)F)C#CCNC(=O)c3cnn(c3)CCCCCCCCC2C1. The number of hydrogen-bond donors (Lipinski definition) is 2. The van der Waals surface area contributed by atoms with Crippen LogP contribution in [0.4, 0.5) is 18.9 Å². The van der Waals surface area contributed by atoms with Crippen LogP contribution in [0.15, 0.2) is 36.7 Å². The normalized spacial score (nSPS) is 21.9. The Balaban J connectivity index is 1.44. The van der Waals surface area contributed by atoms with Crippen molar-refractivity contribution in [3.63, 3.8) is 0 Å². The maximum atomic E-state index is 13.6. The summed E-state index contributed by atoms with van der Waals surface area (Å²) in [6.45, 7) is 1.64. The largest absolute Gasteiger partial charge is 0.406 e. The summed E-state index contributed by atoms with van der Waals surface area (Å²) in [6.07, 6.45) is 7.85.